The van der Waals surface area contributed by atoms with E-state index < -0.39 is 0 Å². The predicted octanol–water partition coefficient (Wildman–Crippen LogP) is 3.23. The first-order valence-electron chi connectivity index (χ1n) is 8.24. The van der Waals surface area contributed by atoms with E-state index in [1.165, 1.54) is 11.8 Å². The Morgan fingerprint density at radius 2 is 2.08 bits per heavy atom. The van der Waals surface area contributed by atoms with E-state index in [1.54, 1.807) is 0 Å². The molecule has 2 heterocycles. The first-order chi connectivity index (χ1) is 12.0. The Labute approximate surface area is 157 Å². The number of rotatable bonds is 5. The molecule has 7 heteroatoms. The van der Waals surface area contributed by atoms with Gasteiger partial charge in [0, 0.05) is 41.2 Å². The van der Waals surface area contributed by atoms with Gasteiger partial charge in [0.25, 0.3) is 0 Å². The van der Waals surface area contributed by atoms with Gasteiger partial charge in [-0.25, -0.2) is 9.97 Å². The number of aromatic nitrogens is 2. The molecule has 1 aromatic carbocycles. The molecule has 5 nitrogen and oxygen atoms in total. The number of amides is 1. The maximum absolute atomic E-state index is 12.2. The molecule has 25 heavy (non-hydrogen) atoms. The summed E-state index contributed by atoms with van der Waals surface area (Å²) in [4.78, 5) is 23.2. The predicted molar refractivity (Wildman–Crippen MR) is 102 cm³/mol. The standard InChI is InChI=1S/C18H21ClN4OS/c1-12-8-13(2)21-18(20-12)25-11-17(24)22-15-6-7-23(10-15)16-5-3-4-14(19)9-16/h3-5,8-9,15H,6-7,10-11H2,1-2H3,(H,22,24). The van der Waals surface area contributed by atoms with Crippen LogP contribution in [0.15, 0.2) is 35.5 Å². The molecule has 1 N–H and O–H groups in total. The molecule has 1 aliphatic rings. The highest BCUT2D eigenvalue weighted by Gasteiger charge is 2.24. The molecule has 1 unspecified atom stereocenters. The van der Waals surface area contributed by atoms with Crippen LogP contribution >= 0.6 is 23.4 Å². The highest BCUT2D eigenvalue weighted by molar-refractivity contribution is 7.99. The van der Waals surface area contributed by atoms with Gasteiger partial charge in [-0.1, -0.05) is 29.4 Å². The van der Waals surface area contributed by atoms with Crippen molar-refractivity contribution in [2.45, 2.75) is 31.5 Å². The molecule has 3 rings (SSSR count). The Hall–Kier alpha value is -1.79. The van der Waals surface area contributed by atoms with Gasteiger partial charge < -0.3 is 10.2 Å². The average Bonchev–Trinajstić information content (AvgIpc) is 3.00. The van der Waals surface area contributed by atoms with E-state index >= 15 is 0 Å². The summed E-state index contributed by atoms with van der Waals surface area (Å²) in [6.07, 6.45) is 0.934. The monoisotopic (exact) mass is 376 g/mol. The molecule has 2 aromatic rings. The lowest BCUT2D eigenvalue weighted by molar-refractivity contribution is -0.119. The minimum atomic E-state index is 0.0192. The number of hydrogen-bond donors (Lipinski definition) is 1. The fourth-order valence-electron chi connectivity index (χ4n) is 2.94. The molecule has 0 bridgehead atoms. The first kappa shape index (κ1) is 18.0. The Bertz CT molecular complexity index is 750. The smallest absolute Gasteiger partial charge is 0.230 e. The third-order valence-corrected chi connectivity index (χ3v) is 5.10. The lowest BCUT2D eigenvalue weighted by Gasteiger charge is -2.19. The van der Waals surface area contributed by atoms with Crippen LogP contribution in [0.4, 0.5) is 5.69 Å². The number of nitrogens with zero attached hydrogens (tertiary/aromatic N) is 3. The van der Waals surface area contributed by atoms with Crippen molar-refractivity contribution in [3.05, 3.63) is 46.7 Å². The molecule has 1 amide bonds. The van der Waals surface area contributed by atoms with Crippen molar-refractivity contribution in [1.29, 1.82) is 0 Å². The van der Waals surface area contributed by atoms with Gasteiger partial charge in [0.1, 0.15) is 0 Å². The minimum absolute atomic E-state index is 0.0192. The summed E-state index contributed by atoms with van der Waals surface area (Å²) in [6.45, 7) is 5.58. The van der Waals surface area contributed by atoms with Gasteiger partial charge in [-0.2, -0.15) is 0 Å². The number of hydrogen-bond acceptors (Lipinski definition) is 5. The molecular weight excluding hydrogens is 356 g/mol. The summed E-state index contributed by atoms with van der Waals surface area (Å²) >= 11 is 7.43. The van der Waals surface area contributed by atoms with Crippen LogP contribution in [0.1, 0.15) is 17.8 Å². The maximum atomic E-state index is 12.2. The van der Waals surface area contributed by atoms with Crippen LogP contribution in [0, 0.1) is 13.8 Å². The second-order valence-corrected chi connectivity index (χ2v) is 7.58. The van der Waals surface area contributed by atoms with E-state index in [9.17, 15) is 4.79 Å². The molecule has 132 valence electrons. The zero-order valence-electron chi connectivity index (χ0n) is 14.3. The number of nitrogens with one attached hydrogen (secondary N) is 1. The average molecular weight is 377 g/mol. The van der Waals surface area contributed by atoms with Crippen molar-refractivity contribution in [2.24, 2.45) is 0 Å². The Morgan fingerprint density at radius 1 is 1.32 bits per heavy atom. The van der Waals surface area contributed by atoms with Gasteiger partial charge in [-0.05, 0) is 44.5 Å². The number of halogens is 1. The van der Waals surface area contributed by atoms with Gasteiger partial charge in [-0.15, -0.1) is 0 Å². The molecule has 0 aliphatic carbocycles. The summed E-state index contributed by atoms with van der Waals surface area (Å²) < 4.78 is 0. The van der Waals surface area contributed by atoms with E-state index in [2.05, 4.69) is 20.2 Å². The largest absolute Gasteiger partial charge is 0.369 e. The van der Waals surface area contributed by atoms with E-state index in [-0.39, 0.29) is 11.9 Å². The SMILES string of the molecule is Cc1cc(C)nc(SCC(=O)NC2CCN(c3cccc(Cl)c3)C2)n1. The Kier molecular flexibility index (Phi) is 5.81. The van der Waals surface area contributed by atoms with E-state index in [1.807, 2.05) is 44.2 Å². The van der Waals surface area contributed by atoms with Crippen LogP contribution in [-0.4, -0.2) is 40.8 Å². The number of carbonyl (C=O) groups excluding carboxylic acids is 1. The van der Waals surface area contributed by atoms with Crippen LogP contribution in [0.25, 0.3) is 0 Å². The van der Waals surface area contributed by atoms with Crippen molar-refractivity contribution >= 4 is 35.0 Å². The van der Waals surface area contributed by atoms with Gasteiger partial charge in [0.2, 0.25) is 5.91 Å². The third kappa shape index (κ3) is 5.09. The maximum Gasteiger partial charge on any atom is 0.230 e. The normalized spacial score (nSPS) is 16.9. The summed E-state index contributed by atoms with van der Waals surface area (Å²) in [6, 6.07) is 9.90. The van der Waals surface area contributed by atoms with E-state index in [0.29, 0.717) is 10.9 Å². The number of benzene rings is 1. The zero-order chi connectivity index (χ0) is 17.8. The summed E-state index contributed by atoms with van der Waals surface area (Å²) in [5.41, 5.74) is 2.94. The molecule has 1 aromatic heterocycles. The van der Waals surface area contributed by atoms with E-state index in [4.69, 9.17) is 11.6 Å². The summed E-state index contributed by atoms with van der Waals surface area (Å²) in [5, 5.41) is 4.49. The number of thioether (sulfide) groups is 1. The molecule has 0 spiro atoms. The van der Waals surface area contributed by atoms with Crippen molar-refractivity contribution in [2.75, 3.05) is 23.7 Å². The molecule has 1 aliphatic heterocycles. The highest BCUT2D eigenvalue weighted by Crippen LogP contribution is 2.23. The van der Waals surface area contributed by atoms with Gasteiger partial charge >= 0.3 is 0 Å². The fraction of sp³-hybridized carbons (Fsp3) is 0.389. The van der Waals surface area contributed by atoms with Gasteiger partial charge in [0.15, 0.2) is 5.16 Å². The lowest BCUT2D eigenvalue weighted by atomic mass is 10.2. The zero-order valence-corrected chi connectivity index (χ0v) is 15.9. The topological polar surface area (TPSA) is 58.1 Å². The lowest BCUT2D eigenvalue weighted by Crippen LogP contribution is -2.38. The van der Waals surface area contributed by atoms with Crippen molar-refractivity contribution in [1.82, 2.24) is 15.3 Å². The van der Waals surface area contributed by atoms with Gasteiger partial charge in [-0.3, -0.25) is 4.79 Å². The fourth-order valence-corrected chi connectivity index (χ4v) is 3.89. The van der Waals surface area contributed by atoms with Crippen LogP contribution in [0.5, 0.6) is 0 Å². The van der Waals surface area contributed by atoms with Crippen molar-refractivity contribution in [3.63, 3.8) is 0 Å². The van der Waals surface area contributed by atoms with Crippen molar-refractivity contribution in [3.8, 4) is 0 Å². The molecule has 0 radical (unpaired) electrons. The van der Waals surface area contributed by atoms with Crippen LogP contribution in [0.2, 0.25) is 5.02 Å². The van der Waals surface area contributed by atoms with Crippen LogP contribution in [-0.2, 0) is 4.79 Å². The number of anilines is 1. The Morgan fingerprint density at radius 3 is 2.80 bits per heavy atom. The number of carbonyl (C=O) groups is 1. The first-order valence-corrected chi connectivity index (χ1v) is 9.61. The minimum Gasteiger partial charge on any atom is -0.369 e. The molecule has 1 atom stereocenters. The van der Waals surface area contributed by atoms with Gasteiger partial charge in [0.05, 0.1) is 5.75 Å². The molecule has 1 saturated heterocycles. The Balaban J connectivity index is 1.49. The second-order valence-electron chi connectivity index (χ2n) is 6.20. The summed E-state index contributed by atoms with van der Waals surface area (Å²) in [7, 11) is 0. The van der Waals surface area contributed by atoms with E-state index in [0.717, 1.165) is 41.6 Å². The molecule has 1 fully saturated rings. The highest BCUT2D eigenvalue weighted by atomic mass is 35.5. The van der Waals surface area contributed by atoms with Crippen molar-refractivity contribution < 1.29 is 4.79 Å². The third-order valence-electron chi connectivity index (χ3n) is 4.02. The molecule has 0 saturated carbocycles. The summed E-state index contributed by atoms with van der Waals surface area (Å²) in [5.74, 6) is 0.349. The second kappa shape index (κ2) is 8.06. The quantitative estimate of drug-likeness (QED) is 0.641. The number of aryl methyl sites for hydroxylation is 2. The molecular formula is C18H21ClN4OS. The van der Waals surface area contributed by atoms with Crippen LogP contribution in [0.3, 0.4) is 0 Å². The van der Waals surface area contributed by atoms with Crippen LogP contribution < -0.4 is 10.2 Å².